The molecule has 0 saturated heterocycles. The Balaban J connectivity index is 1.87. The van der Waals surface area contributed by atoms with Gasteiger partial charge in [-0.3, -0.25) is 0 Å². The Morgan fingerprint density at radius 2 is 1.75 bits per heavy atom. The molecule has 0 heterocycles. The molecular weight excluding hydrogens is 377 g/mol. The summed E-state index contributed by atoms with van der Waals surface area (Å²) in [5, 5.41) is 1.16. The van der Waals surface area contributed by atoms with E-state index < -0.39 is 0 Å². The van der Waals surface area contributed by atoms with Crippen molar-refractivity contribution in [3.05, 3.63) is 62.5 Å². The van der Waals surface area contributed by atoms with E-state index in [-0.39, 0.29) is 6.04 Å². The van der Waals surface area contributed by atoms with Crippen molar-refractivity contribution in [2.45, 2.75) is 17.4 Å². The van der Waals surface area contributed by atoms with Crippen LogP contribution in [0.25, 0.3) is 0 Å². The van der Waals surface area contributed by atoms with Crippen LogP contribution in [0, 0.1) is 0 Å². The summed E-state index contributed by atoms with van der Waals surface area (Å²) in [5.41, 5.74) is 7.28. The number of hydrogen-bond acceptors (Lipinski definition) is 2. The number of hydrogen-bond donors (Lipinski definition) is 1. The Labute approximate surface area is 142 Å². The molecule has 0 aliphatic heterocycles. The first-order chi connectivity index (χ1) is 9.54. The first-order valence-electron chi connectivity index (χ1n) is 6.12. The lowest BCUT2D eigenvalue weighted by Gasteiger charge is -2.12. The third-order valence-corrected chi connectivity index (χ3v) is 5.23. The van der Waals surface area contributed by atoms with Crippen molar-refractivity contribution >= 4 is 50.9 Å². The Morgan fingerprint density at radius 1 is 1.05 bits per heavy atom. The van der Waals surface area contributed by atoms with Gasteiger partial charge in [-0.2, -0.15) is 0 Å². The quantitative estimate of drug-likeness (QED) is 0.690. The highest BCUT2D eigenvalue weighted by atomic mass is 79.9. The Kier molecular flexibility index (Phi) is 6.24. The number of halogens is 3. The molecule has 0 aromatic heterocycles. The number of rotatable bonds is 5. The van der Waals surface area contributed by atoms with Gasteiger partial charge in [0.25, 0.3) is 0 Å². The van der Waals surface area contributed by atoms with Crippen LogP contribution < -0.4 is 5.73 Å². The van der Waals surface area contributed by atoms with Crippen LogP contribution in [0.2, 0.25) is 10.0 Å². The fraction of sp³-hybridized carbons (Fsp3) is 0.200. The molecule has 2 aromatic carbocycles. The van der Waals surface area contributed by atoms with Crippen LogP contribution in [0.1, 0.15) is 5.56 Å². The lowest BCUT2D eigenvalue weighted by atomic mass is 10.1. The predicted molar refractivity (Wildman–Crippen MR) is 93.0 cm³/mol. The molecule has 2 N–H and O–H groups in total. The molecule has 0 aliphatic carbocycles. The normalized spacial score (nSPS) is 12.4. The molecule has 5 heteroatoms. The van der Waals surface area contributed by atoms with Crippen LogP contribution in [-0.2, 0) is 6.42 Å². The standard InChI is InChI=1S/C15H14BrCl2NS/c16-11-2-4-13(5-3-11)20-9-12(19)7-10-1-6-14(17)15(18)8-10/h1-6,8,12H,7,9,19H2. The minimum Gasteiger partial charge on any atom is -0.327 e. The minimum atomic E-state index is 0.0842. The maximum absolute atomic E-state index is 6.17. The molecule has 2 aromatic rings. The molecule has 0 aliphatic rings. The van der Waals surface area contributed by atoms with Crippen LogP contribution in [-0.4, -0.2) is 11.8 Å². The van der Waals surface area contributed by atoms with E-state index in [1.54, 1.807) is 11.8 Å². The van der Waals surface area contributed by atoms with Gasteiger partial charge < -0.3 is 5.73 Å². The second-order valence-corrected chi connectivity index (χ2v) is 7.30. The van der Waals surface area contributed by atoms with Crippen molar-refractivity contribution in [2.24, 2.45) is 5.73 Å². The van der Waals surface area contributed by atoms with Crippen molar-refractivity contribution in [1.29, 1.82) is 0 Å². The summed E-state index contributed by atoms with van der Waals surface area (Å²) >= 11 is 17.1. The highest BCUT2D eigenvalue weighted by Crippen LogP contribution is 2.24. The fourth-order valence-corrected chi connectivity index (χ4v) is 3.20. The van der Waals surface area contributed by atoms with E-state index in [0.29, 0.717) is 10.0 Å². The fourth-order valence-electron chi connectivity index (χ4n) is 1.76. The van der Waals surface area contributed by atoms with Gasteiger partial charge in [0.15, 0.2) is 0 Å². The Hall–Kier alpha value is -0.190. The Morgan fingerprint density at radius 3 is 2.40 bits per heavy atom. The van der Waals surface area contributed by atoms with Crippen LogP contribution in [0.5, 0.6) is 0 Å². The Bertz CT molecular complexity index is 575. The van der Waals surface area contributed by atoms with Crippen molar-refractivity contribution in [3.63, 3.8) is 0 Å². The molecular formula is C15H14BrCl2NS. The number of nitrogens with two attached hydrogens (primary N) is 1. The molecule has 20 heavy (non-hydrogen) atoms. The van der Waals surface area contributed by atoms with Crippen molar-refractivity contribution in [1.82, 2.24) is 0 Å². The monoisotopic (exact) mass is 389 g/mol. The molecule has 106 valence electrons. The lowest BCUT2D eigenvalue weighted by Crippen LogP contribution is -2.25. The maximum atomic E-state index is 6.17. The zero-order valence-electron chi connectivity index (χ0n) is 10.7. The van der Waals surface area contributed by atoms with Gasteiger partial charge in [0.2, 0.25) is 0 Å². The van der Waals surface area contributed by atoms with Gasteiger partial charge in [0.1, 0.15) is 0 Å². The van der Waals surface area contributed by atoms with Crippen LogP contribution in [0.3, 0.4) is 0 Å². The summed E-state index contributed by atoms with van der Waals surface area (Å²) in [6.45, 7) is 0. The number of thioether (sulfide) groups is 1. The van der Waals surface area contributed by atoms with Gasteiger partial charge in [-0.1, -0.05) is 45.2 Å². The second-order valence-electron chi connectivity index (χ2n) is 4.48. The van der Waals surface area contributed by atoms with Crippen LogP contribution >= 0.6 is 50.9 Å². The highest BCUT2D eigenvalue weighted by molar-refractivity contribution is 9.10. The van der Waals surface area contributed by atoms with Crippen LogP contribution in [0.15, 0.2) is 51.8 Å². The summed E-state index contributed by atoms with van der Waals surface area (Å²) in [6, 6.07) is 14.0. The molecule has 0 amide bonds. The maximum Gasteiger partial charge on any atom is 0.0595 e. The predicted octanol–water partition coefficient (Wildman–Crippen LogP) is 5.42. The SMILES string of the molecule is NC(CSc1ccc(Br)cc1)Cc1ccc(Cl)c(Cl)c1. The van der Waals surface area contributed by atoms with Crippen molar-refractivity contribution in [2.75, 3.05) is 5.75 Å². The van der Waals surface area contributed by atoms with Crippen molar-refractivity contribution < 1.29 is 0 Å². The molecule has 0 spiro atoms. The molecule has 1 atom stereocenters. The first kappa shape index (κ1) is 16.2. The number of benzene rings is 2. The molecule has 1 unspecified atom stereocenters. The van der Waals surface area contributed by atoms with Crippen LogP contribution in [0.4, 0.5) is 0 Å². The van der Waals surface area contributed by atoms with Gasteiger partial charge in [0.05, 0.1) is 10.0 Å². The summed E-state index contributed by atoms with van der Waals surface area (Å²) in [5.74, 6) is 0.863. The largest absolute Gasteiger partial charge is 0.327 e. The summed E-state index contributed by atoms with van der Waals surface area (Å²) in [6.07, 6.45) is 0.792. The molecule has 2 rings (SSSR count). The first-order valence-corrected chi connectivity index (χ1v) is 8.66. The molecule has 0 bridgehead atoms. The molecule has 0 saturated carbocycles. The second kappa shape index (κ2) is 7.71. The van der Waals surface area contributed by atoms with E-state index in [2.05, 4.69) is 28.1 Å². The zero-order valence-corrected chi connectivity index (χ0v) is 14.6. The van der Waals surface area contributed by atoms with Crippen molar-refractivity contribution in [3.8, 4) is 0 Å². The minimum absolute atomic E-state index is 0.0842. The van der Waals surface area contributed by atoms with E-state index in [1.807, 2.05) is 30.3 Å². The third-order valence-electron chi connectivity index (χ3n) is 2.76. The summed E-state index contributed by atoms with van der Waals surface area (Å²) < 4.78 is 1.09. The topological polar surface area (TPSA) is 26.0 Å². The average Bonchev–Trinajstić information content (AvgIpc) is 2.42. The molecule has 0 radical (unpaired) electrons. The summed E-state index contributed by atoms with van der Waals surface area (Å²) in [4.78, 5) is 1.22. The van der Waals surface area contributed by atoms with E-state index >= 15 is 0 Å². The van der Waals surface area contributed by atoms with E-state index in [1.165, 1.54) is 4.90 Å². The zero-order chi connectivity index (χ0) is 14.5. The highest BCUT2D eigenvalue weighted by Gasteiger charge is 2.07. The summed E-state index contributed by atoms with van der Waals surface area (Å²) in [7, 11) is 0. The lowest BCUT2D eigenvalue weighted by molar-refractivity contribution is 0.749. The third kappa shape index (κ3) is 4.97. The van der Waals surface area contributed by atoms with Gasteiger partial charge in [-0.25, -0.2) is 0 Å². The van der Waals surface area contributed by atoms with Gasteiger partial charge in [0, 0.05) is 21.2 Å². The van der Waals surface area contributed by atoms with E-state index in [9.17, 15) is 0 Å². The van der Waals surface area contributed by atoms with E-state index in [4.69, 9.17) is 28.9 Å². The van der Waals surface area contributed by atoms with Gasteiger partial charge in [-0.05, 0) is 48.4 Å². The molecule has 1 nitrogen and oxygen atoms in total. The van der Waals surface area contributed by atoms with Gasteiger partial charge in [-0.15, -0.1) is 11.8 Å². The average molecular weight is 391 g/mol. The smallest absolute Gasteiger partial charge is 0.0595 e. The molecule has 0 fully saturated rings. The van der Waals surface area contributed by atoms with Gasteiger partial charge >= 0.3 is 0 Å². The van der Waals surface area contributed by atoms with E-state index in [0.717, 1.165) is 22.2 Å².